The average Bonchev–Trinajstić information content (AvgIpc) is 2.80. The molecule has 0 atom stereocenters. The van der Waals surface area contributed by atoms with Crippen LogP contribution in [0.1, 0.15) is 13.8 Å². The molecule has 1 heterocycles. The van der Waals surface area contributed by atoms with Crippen molar-refractivity contribution in [3.8, 4) is 11.5 Å². The number of hydrogen-bond donors (Lipinski definition) is 1. The first-order valence-corrected chi connectivity index (χ1v) is 5.36. The summed E-state index contributed by atoms with van der Waals surface area (Å²) in [5.74, 6) is 1.17. The van der Waals surface area contributed by atoms with Crippen LogP contribution in [0.15, 0.2) is 35.1 Å². The van der Waals surface area contributed by atoms with E-state index in [-0.39, 0.29) is 0 Å². The van der Waals surface area contributed by atoms with Gasteiger partial charge in [-0.1, -0.05) is 19.9 Å². The molecule has 0 spiro atoms. The minimum absolute atomic E-state index is 0.549. The van der Waals surface area contributed by atoms with Gasteiger partial charge in [-0.3, -0.25) is 0 Å². The zero-order chi connectivity index (χ0) is 11.4. The van der Waals surface area contributed by atoms with Gasteiger partial charge in [0.2, 0.25) is 12.3 Å². The van der Waals surface area contributed by atoms with Crippen molar-refractivity contribution in [2.75, 3.05) is 11.9 Å². The summed E-state index contributed by atoms with van der Waals surface area (Å²) in [6.07, 6.45) is 1.34. The topological polar surface area (TPSA) is 51.0 Å². The van der Waals surface area contributed by atoms with E-state index in [4.69, 9.17) is 4.42 Å². The molecule has 0 aliphatic rings. The van der Waals surface area contributed by atoms with E-state index in [1.165, 1.54) is 6.39 Å². The zero-order valence-corrected chi connectivity index (χ0v) is 9.47. The van der Waals surface area contributed by atoms with Gasteiger partial charge in [0.05, 0.1) is 0 Å². The summed E-state index contributed by atoms with van der Waals surface area (Å²) in [7, 11) is 0. The van der Waals surface area contributed by atoms with Crippen LogP contribution < -0.4 is 5.32 Å². The van der Waals surface area contributed by atoms with E-state index in [2.05, 4.69) is 29.4 Å². The van der Waals surface area contributed by atoms with Crippen molar-refractivity contribution in [3.63, 3.8) is 0 Å². The normalized spacial score (nSPS) is 10.7. The molecule has 0 radical (unpaired) electrons. The van der Waals surface area contributed by atoms with Crippen molar-refractivity contribution in [2.24, 2.45) is 5.92 Å². The van der Waals surface area contributed by atoms with E-state index >= 15 is 0 Å². The van der Waals surface area contributed by atoms with Crippen LogP contribution in [-0.2, 0) is 0 Å². The van der Waals surface area contributed by atoms with Gasteiger partial charge in [-0.25, -0.2) is 0 Å². The third kappa shape index (κ3) is 2.59. The molecule has 4 nitrogen and oxygen atoms in total. The second-order valence-corrected chi connectivity index (χ2v) is 4.10. The fraction of sp³-hybridized carbons (Fsp3) is 0.333. The Balaban J connectivity index is 2.14. The van der Waals surface area contributed by atoms with E-state index in [0.29, 0.717) is 11.8 Å². The molecule has 2 rings (SSSR count). The van der Waals surface area contributed by atoms with E-state index in [1.807, 2.05) is 24.3 Å². The number of hydrogen-bond acceptors (Lipinski definition) is 4. The molecule has 1 aromatic carbocycles. The maximum absolute atomic E-state index is 5.15. The smallest absolute Gasteiger partial charge is 0.247 e. The van der Waals surface area contributed by atoms with Gasteiger partial charge in [0.1, 0.15) is 0 Å². The lowest BCUT2D eigenvalue weighted by Crippen LogP contribution is -2.07. The summed E-state index contributed by atoms with van der Waals surface area (Å²) in [6, 6.07) is 7.97. The molecule has 16 heavy (non-hydrogen) atoms. The van der Waals surface area contributed by atoms with E-state index in [1.54, 1.807) is 0 Å². The molecule has 4 heteroatoms. The highest BCUT2D eigenvalue weighted by molar-refractivity contribution is 5.60. The van der Waals surface area contributed by atoms with Gasteiger partial charge in [0.25, 0.3) is 0 Å². The van der Waals surface area contributed by atoms with Crippen LogP contribution in [0.5, 0.6) is 0 Å². The summed E-state index contributed by atoms with van der Waals surface area (Å²) in [5.41, 5.74) is 2.01. The Hall–Kier alpha value is -1.84. The highest BCUT2D eigenvalue weighted by Crippen LogP contribution is 2.20. The van der Waals surface area contributed by atoms with Crippen molar-refractivity contribution in [3.05, 3.63) is 30.7 Å². The Kier molecular flexibility index (Phi) is 3.19. The van der Waals surface area contributed by atoms with Crippen molar-refractivity contribution in [2.45, 2.75) is 13.8 Å². The first kappa shape index (κ1) is 10.7. The highest BCUT2D eigenvalue weighted by atomic mass is 16.4. The molecule has 0 fully saturated rings. The van der Waals surface area contributed by atoms with Gasteiger partial charge >= 0.3 is 0 Å². The predicted molar refractivity (Wildman–Crippen MR) is 63.1 cm³/mol. The Morgan fingerprint density at radius 2 is 2.25 bits per heavy atom. The summed E-state index contributed by atoms with van der Waals surface area (Å²) >= 11 is 0. The average molecular weight is 217 g/mol. The van der Waals surface area contributed by atoms with Crippen molar-refractivity contribution in [1.29, 1.82) is 0 Å². The van der Waals surface area contributed by atoms with E-state index < -0.39 is 0 Å². The van der Waals surface area contributed by atoms with Gasteiger partial charge in [-0.15, -0.1) is 10.2 Å². The lowest BCUT2D eigenvalue weighted by Gasteiger charge is -2.09. The number of aromatic nitrogens is 2. The third-order valence-electron chi connectivity index (χ3n) is 2.18. The summed E-state index contributed by atoms with van der Waals surface area (Å²) < 4.78 is 5.15. The summed E-state index contributed by atoms with van der Waals surface area (Å²) in [6.45, 7) is 5.30. The first-order chi connectivity index (χ1) is 7.75. The minimum atomic E-state index is 0.549. The second-order valence-electron chi connectivity index (χ2n) is 4.10. The highest BCUT2D eigenvalue weighted by Gasteiger charge is 2.03. The molecule has 0 saturated carbocycles. The van der Waals surface area contributed by atoms with Crippen LogP contribution in [0, 0.1) is 5.92 Å². The molecular weight excluding hydrogens is 202 g/mol. The molecule has 84 valence electrons. The monoisotopic (exact) mass is 217 g/mol. The molecule has 2 aromatic rings. The summed E-state index contributed by atoms with van der Waals surface area (Å²) in [5, 5.41) is 10.9. The van der Waals surface area contributed by atoms with E-state index in [9.17, 15) is 0 Å². The lowest BCUT2D eigenvalue weighted by atomic mass is 10.2. The fourth-order valence-electron chi connectivity index (χ4n) is 1.38. The predicted octanol–water partition coefficient (Wildman–Crippen LogP) is 2.80. The summed E-state index contributed by atoms with van der Waals surface area (Å²) in [4.78, 5) is 0. The van der Waals surface area contributed by atoms with Crippen LogP contribution in [0.4, 0.5) is 5.69 Å². The molecule has 0 unspecified atom stereocenters. The molecule has 0 aliphatic heterocycles. The van der Waals surface area contributed by atoms with Gasteiger partial charge in [-0.05, 0) is 24.1 Å². The van der Waals surface area contributed by atoms with Crippen molar-refractivity contribution >= 4 is 5.69 Å². The molecule has 0 saturated heterocycles. The Morgan fingerprint density at radius 1 is 1.38 bits per heavy atom. The lowest BCUT2D eigenvalue weighted by molar-refractivity contribution is 0.568. The van der Waals surface area contributed by atoms with Gasteiger partial charge < -0.3 is 9.73 Å². The number of benzene rings is 1. The van der Waals surface area contributed by atoms with Crippen molar-refractivity contribution in [1.82, 2.24) is 10.2 Å². The zero-order valence-electron chi connectivity index (χ0n) is 9.47. The molecule has 1 aromatic heterocycles. The Labute approximate surface area is 94.7 Å². The second kappa shape index (κ2) is 4.79. The molecule has 1 N–H and O–H groups in total. The van der Waals surface area contributed by atoms with Gasteiger partial charge in [0.15, 0.2) is 0 Å². The Morgan fingerprint density at radius 3 is 2.94 bits per heavy atom. The number of nitrogens with one attached hydrogen (secondary N) is 1. The molecular formula is C12H15N3O. The first-order valence-electron chi connectivity index (χ1n) is 5.36. The van der Waals surface area contributed by atoms with Crippen LogP contribution >= 0.6 is 0 Å². The maximum Gasteiger partial charge on any atom is 0.247 e. The molecule has 0 bridgehead atoms. The van der Waals surface area contributed by atoms with Crippen LogP contribution in [0.3, 0.4) is 0 Å². The van der Waals surface area contributed by atoms with Gasteiger partial charge in [-0.2, -0.15) is 0 Å². The maximum atomic E-state index is 5.15. The number of rotatable bonds is 4. The fourth-order valence-corrected chi connectivity index (χ4v) is 1.38. The van der Waals surface area contributed by atoms with Crippen LogP contribution in [0.2, 0.25) is 0 Å². The van der Waals surface area contributed by atoms with Gasteiger partial charge in [0, 0.05) is 17.8 Å². The quantitative estimate of drug-likeness (QED) is 0.855. The number of nitrogens with zero attached hydrogens (tertiary/aromatic N) is 2. The molecule has 0 aliphatic carbocycles. The standard InChI is InChI=1S/C12H15N3O/c1-9(2)7-13-11-5-3-4-10(6-11)12-15-14-8-16-12/h3-6,8-9,13H,7H2,1-2H3. The Bertz CT molecular complexity index is 437. The van der Waals surface area contributed by atoms with E-state index in [0.717, 1.165) is 17.8 Å². The van der Waals surface area contributed by atoms with Crippen molar-refractivity contribution < 1.29 is 4.42 Å². The molecule has 0 amide bonds. The van der Waals surface area contributed by atoms with Crippen LogP contribution in [-0.4, -0.2) is 16.7 Å². The number of anilines is 1. The largest absolute Gasteiger partial charge is 0.423 e. The third-order valence-corrected chi connectivity index (χ3v) is 2.18. The van der Waals surface area contributed by atoms with Crippen LogP contribution in [0.25, 0.3) is 11.5 Å². The minimum Gasteiger partial charge on any atom is -0.423 e. The SMILES string of the molecule is CC(C)CNc1cccc(-c2nnco2)c1.